The van der Waals surface area contributed by atoms with E-state index >= 15 is 0 Å². The van der Waals surface area contributed by atoms with Crippen LogP contribution in [-0.4, -0.2) is 50.8 Å². The summed E-state index contributed by atoms with van der Waals surface area (Å²) in [5.74, 6) is -0.601. The molecule has 4 heterocycles. The van der Waals surface area contributed by atoms with Crippen LogP contribution < -0.4 is 15.0 Å². The summed E-state index contributed by atoms with van der Waals surface area (Å²) in [6.07, 6.45) is 5.86. The molecule has 0 spiro atoms. The lowest BCUT2D eigenvalue weighted by Crippen LogP contribution is -2.25. The fourth-order valence-electron chi connectivity index (χ4n) is 7.20. The minimum Gasteiger partial charge on any atom is -0.460 e. The van der Waals surface area contributed by atoms with Gasteiger partial charge in [-0.2, -0.15) is 0 Å². The lowest BCUT2D eigenvalue weighted by molar-refractivity contribution is -0.155. The number of pyridine rings is 1. The number of hydrogen-bond donors (Lipinski definition) is 1. The lowest BCUT2D eigenvalue weighted by Gasteiger charge is -2.21. The highest BCUT2D eigenvalue weighted by Crippen LogP contribution is 2.41. The predicted octanol–water partition coefficient (Wildman–Crippen LogP) is 9.99. The number of carbonyl (C=O) groups excluding carboxylic acids is 1. The van der Waals surface area contributed by atoms with Gasteiger partial charge in [0.15, 0.2) is 17.4 Å². The number of aromatic nitrogens is 4. The highest BCUT2D eigenvalue weighted by molar-refractivity contribution is 7.92. The first-order valence-corrected chi connectivity index (χ1v) is 22.8. The van der Waals surface area contributed by atoms with Gasteiger partial charge in [0.25, 0.3) is 5.56 Å². The zero-order valence-corrected chi connectivity index (χ0v) is 38.2. The smallest absolute Gasteiger partial charge is 0.308 e. The van der Waals surface area contributed by atoms with Crippen LogP contribution in [-0.2, 0) is 33.0 Å². The van der Waals surface area contributed by atoms with Crippen molar-refractivity contribution in [3.63, 3.8) is 0 Å². The monoisotopic (exact) mass is 914 g/mol. The van der Waals surface area contributed by atoms with Crippen molar-refractivity contribution < 1.29 is 31.5 Å². The van der Waals surface area contributed by atoms with Gasteiger partial charge in [-0.15, -0.1) is 21.5 Å². The highest BCUT2D eigenvalue weighted by Gasteiger charge is 2.33. The summed E-state index contributed by atoms with van der Waals surface area (Å²) in [5, 5.41) is 10.4. The molecule has 12 nitrogen and oxygen atoms in total. The number of ether oxygens (including phenoxy) is 2. The number of nitrogens with one attached hydrogen (secondary N) is 1. The van der Waals surface area contributed by atoms with Crippen molar-refractivity contribution in [3.8, 4) is 27.6 Å². The van der Waals surface area contributed by atoms with Gasteiger partial charge < -0.3 is 14.0 Å². The minimum absolute atomic E-state index is 0.0828. The number of esters is 1. The van der Waals surface area contributed by atoms with Crippen molar-refractivity contribution in [1.29, 1.82) is 0 Å². The van der Waals surface area contributed by atoms with E-state index in [1.165, 1.54) is 34.6 Å². The Labute approximate surface area is 373 Å². The van der Waals surface area contributed by atoms with Crippen molar-refractivity contribution >= 4 is 56.4 Å². The Balaban J connectivity index is 0.000000189. The molecule has 2 aliphatic rings. The Morgan fingerprint density at radius 1 is 1.00 bits per heavy atom. The number of sulfonamides is 1. The maximum absolute atomic E-state index is 14.2. The molecule has 328 valence electrons. The number of aliphatic imine (C=N–C) groups is 1. The highest BCUT2D eigenvalue weighted by atomic mass is 35.5. The van der Waals surface area contributed by atoms with Crippen LogP contribution >= 0.6 is 22.9 Å². The summed E-state index contributed by atoms with van der Waals surface area (Å²) >= 11 is 7.82. The van der Waals surface area contributed by atoms with E-state index in [1.54, 1.807) is 30.6 Å². The maximum Gasteiger partial charge on any atom is 0.308 e. The van der Waals surface area contributed by atoms with Crippen molar-refractivity contribution in [2.24, 2.45) is 12.0 Å². The van der Waals surface area contributed by atoms with Crippen molar-refractivity contribution in [2.75, 3.05) is 10.5 Å². The number of nitrogens with zero attached hydrogens (tertiary/aromatic N) is 5. The SMILES string of the molecule is CCS(=O)(=O)Nc1ccc(Oc2ccc(F)cc2F)c(-c2cn(C)c(=O)c3c2C=CC3)c1.Cc1sc2c(c1C)C(c1ccc(Cl)cc1)=N[C@@H](CC(=O)OC(C)(C)C)c1nnc(C)n1-2. The third kappa shape index (κ3) is 9.67. The molecule has 0 amide bonds. The molecule has 8 rings (SSSR count). The number of allylic oxidation sites excluding steroid dienone is 1. The Morgan fingerprint density at radius 2 is 1.71 bits per heavy atom. The number of rotatable bonds is 9. The van der Waals surface area contributed by atoms with Gasteiger partial charge in [0, 0.05) is 62.7 Å². The number of thiophene rings is 1. The van der Waals surface area contributed by atoms with Crippen molar-refractivity contribution in [1.82, 2.24) is 19.3 Å². The Morgan fingerprint density at radius 3 is 2.40 bits per heavy atom. The first kappa shape index (κ1) is 45.1. The average Bonchev–Trinajstić information content (AvgIpc) is 3.91. The predicted molar refractivity (Wildman–Crippen MR) is 243 cm³/mol. The molecule has 0 saturated heterocycles. The molecule has 0 fully saturated rings. The molecule has 17 heteroatoms. The van der Waals surface area contributed by atoms with Crippen LogP contribution in [0.1, 0.15) is 84.5 Å². The second-order valence-corrected chi connectivity index (χ2v) is 19.7. The van der Waals surface area contributed by atoms with Gasteiger partial charge in [-0.25, -0.2) is 17.2 Å². The number of aryl methyl sites for hydroxylation is 3. The zero-order chi connectivity index (χ0) is 45.5. The molecule has 6 aromatic rings. The van der Waals surface area contributed by atoms with Crippen LogP contribution in [0.4, 0.5) is 14.5 Å². The number of anilines is 1. The molecule has 1 N–H and O–H groups in total. The first-order valence-electron chi connectivity index (χ1n) is 20.0. The molecule has 63 heavy (non-hydrogen) atoms. The molecule has 0 unspecified atom stereocenters. The maximum atomic E-state index is 14.2. The Bertz CT molecular complexity index is 3000. The zero-order valence-electron chi connectivity index (χ0n) is 35.8. The van der Waals surface area contributed by atoms with Crippen LogP contribution in [0.15, 0.2) is 82.7 Å². The second kappa shape index (κ2) is 17.7. The Hall–Kier alpha value is -5.97. The molecule has 1 aliphatic carbocycles. The lowest BCUT2D eigenvalue weighted by atomic mass is 9.98. The molecule has 0 saturated carbocycles. The van der Waals surface area contributed by atoms with Gasteiger partial charge >= 0.3 is 5.97 Å². The van der Waals surface area contributed by atoms with Gasteiger partial charge in [0.2, 0.25) is 10.0 Å². The third-order valence-corrected chi connectivity index (χ3v) is 13.0. The number of halogens is 3. The van der Waals surface area contributed by atoms with E-state index in [9.17, 15) is 26.8 Å². The third-order valence-electron chi connectivity index (χ3n) is 10.3. The normalized spacial score (nSPS) is 14.1. The molecule has 1 atom stereocenters. The van der Waals surface area contributed by atoms with Crippen LogP contribution in [0, 0.1) is 32.4 Å². The summed E-state index contributed by atoms with van der Waals surface area (Å²) in [4.78, 5) is 31.5. The van der Waals surface area contributed by atoms with E-state index in [1.807, 2.05) is 68.7 Å². The largest absolute Gasteiger partial charge is 0.460 e. The molecular formula is C46H45ClF2N6O6S2. The van der Waals surface area contributed by atoms with E-state index in [0.717, 1.165) is 39.3 Å². The van der Waals surface area contributed by atoms with Crippen molar-refractivity contribution in [3.05, 3.63) is 144 Å². The Kier molecular flexibility index (Phi) is 12.6. The molecule has 0 radical (unpaired) electrons. The molecule has 3 aromatic carbocycles. The van der Waals surface area contributed by atoms with Gasteiger partial charge in [-0.05, 0) is 108 Å². The standard InChI is InChI=1S/C23H25ClN4O2S.C23H20F2N2O4S/c1-12-13(2)31-22-19(12)20(15-7-9-16(24)10-8-15)25-17(11-18(29)30-23(4,5)6)21-27-26-14(3)28(21)22;1-3-32(29,30)26-15-8-10-21(31-22-9-7-14(24)11-20(22)25)18(12-15)19-13-27(2)23(28)17-6-4-5-16(17)19/h7-10,17H,11H2,1-6H3;4-5,7-13,26H,3,6H2,1-2H3/t17-;/m0./s1. The average molecular weight is 915 g/mol. The first-order chi connectivity index (χ1) is 29.7. The van der Waals surface area contributed by atoms with Gasteiger partial charge in [0.1, 0.15) is 34.0 Å². The van der Waals surface area contributed by atoms with Crippen LogP contribution in [0.5, 0.6) is 11.5 Å². The van der Waals surface area contributed by atoms with E-state index in [0.29, 0.717) is 51.3 Å². The number of hydrogen-bond acceptors (Lipinski definition) is 10. The fourth-order valence-corrected chi connectivity index (χ4v) is 9.17. The van der Waals surface area contributed by atoms with E-state index in [-0.39, 0.29) is 35.2 Å². The van der Waals surface area contributed by atoms with E-state index < -0.39 is 33.3 Å². The molecule has 1 aliphatic heterocycles. The summed E-state index contributed by atoms with van der Waals surface area (Å²) < 4.78 is 69.0. The molecular weight excluding hydrogens is 870 g/mol. The van der Waals surface area contributed by atoms with Crippen LogP contribution in [0.3, 0.4) is 0 Å². The summed E-state index contributed by atoms with van der Waals surface area (Å²) in [7, 11) is -1.92. The second-order valence-electron chi connectivity index (χ2n) is 16.0. The summed E-state index contributed by atoms with van der Waals surface area (Å²) in [6, 6.07) is 14.6. The van der Waals surface area contributed by atoms with Crippen molar-refractivity contribution in [2.45, 2.75) is 73.0 Å². The van der Waals surface area contributed by atoms with Gasteiger partial charge in [-0.3, -0.25) is 23.9 Å². The number of carbonyl (C=O) groups is 1. The number of fused-ring (bicyclic) bond motifs is 4. The quantitative estimate of drug-likeness (QED) is 0.141. The van der Waals surface area contributed by atoms with Crippen LogP contribution in [0.25, 0.3) is 22.2 Å². The fraction of sp³-hybridized carbons (Fsp3) is 0.283. The topological polar surface area (TPSA) is 147 Å². The van der Waals surface area contributed by atoms with Gasteiger partial charge in [-0.1, -0.05) is 35.9 Å². The summed E-state index contributed by atoms with van der Waals surface area (Å²) in [5.41, 5.74) is 5.91. The van der Waals surface area contributed by atoms with Crippen LogP contribution in [0.2, 0.25) is 5.02 Å². The molecule has 0 bridgehead atoms. The summed E-state index contributed by atoms with van der Waals surface area (Å²) in [6.45, 7) is 13.2. The molecule has 3 aromatic heterocycles. The van der Waals surface area contributed by atoms with E-state index in [4.69, 9.17) is 26.1 Å². The van der Waals surface area contributed by atoms with Gasteiger partial charge in [0.05, 0.1) is 17.9 Å². The van der Waals surface area contributed by atoms with E-state index in [2.05, 4.69) is 28.8 Å². The number of benzene rings is 3. The minimum atomic E-state index is -3.54.